The lowest BCUT2D eigenvalue weighted by Gasteiger charge is -2.39. The van der Waals surface area contributed by atoms with Crippen LogP contribution in [0.4, 0.5) is 4.53 Å². The van der Waals surface area contributed by atoms with Crippen LogP contribution in [-0.2, 0) is 16.1 Å². The van der Waals surface area contributed by atoms with E-state index in [2.05, 4.69) is 4.94 Å². The monoisotopic (exact) mass is 310 g/mol. The van der Waals surface area contributed by atoms with E-state index in [9.17, 15) is 9.32 Å². The number of hydrogen-bond donors (Lipinski definition) is 0. The molecule has 0 saturated heterocycles. The van der Waals surface area contributed by atoms with Crippen molar-refractivity contribution in [3.63, 3.8) is 0 Å². The second-order valence-corrected chi connectivity index (χ2v) is 5.50. The lowest BCUT2D eigenvalue weighted by atomic mass is 9.90. The van der Waals surface area contributed by atoms with Gasteiger partial charge < -0.3 is 13.9 Å². The predicted molar refractivity (Wildman–Crippen MR) is 79.8 cm³/mol. The number of ether oxygens (including phenoxy) is 2. The van der Waals surface area contributed by atoms with Gasteiger partial charge in [-0.05, 0) is 36.6 Å². The summed E-state index contributed by atoms with van der Waals surface area (Å²) in [6.45, 7) is 3.99. The molecule has 1 aliphatic rings. The summed E-state index contributed by atoms with van der Waals surface area (Å²) >= 11 is 0. The van der Waals surface area contributed by atoms with Gasteiger partial charge in [-0.25, -0.2) is 4.79 Å². The highest BCUT2D eigenvalue weighted by atomic mass is 19.3. The first kappa shape index (κ1) is 16.5. The summed E-state index contributed by atoms with van der Waals surface area (Å²) in [6.07, 6.45) is 0.597. The van der Waals surface area contributed by atoms with E-state index in [1.165, 1.54) is 6.07 Å². The maximum Gasteiger partial charge on any atom is 0.336 e. The van der Waals surface area contributed by atoms with Crippen LogP contribution in [0, 0.1) is 0 Å². The van der Waals surface area contributed by atoms with Crippen LogP contribution < -0.4 is 10.4 Å². The molecule has 0 radical (unpaired) electrons. The molecular weight excluding hydrogens is 291 g/mol. The van der Waals surface area contributed by atoms with Crippen LogP contribution in [0.5, 0.6) is 5.75 Å². The molecule has 0 fully saturated rings. The van der Waals surface area contributed by atoms with Crippen LogP contribution >= 0.6 is 0 Å². The molecule has 22 heavy (non-hydrogen) atoms. The second kappa shape index (κ2) is 6.46. The van der Waals surface area contributed by atoms with Crippen molar-refractivity contribution in [3.8, 4) is 5.75 Å². The minimum Gasteiger partial charge on any atom is -0.485 e. The highest BCUT2D eigenvalue weighted by Gasteiger charge is 2.38. The molecule has 1 atom stereocenters. The van der Waals surface area contributed by atoms with Gasteiger partial charge in [0, 0.05) is 30.5 Å². The molecule has 0 bridgehead atoms. The Hall–Kier alpha value is -1.92. The van der Waals surface area contributed by atoms with E-state index in [4.69, 9.17) is 13.9 Å². The number of methoxy groups -OCH3 is 1. The smallest absolute Gasteiger partial charge is 0.336 e. The van der Waals surface area contributed by atoms with Gasteiger partial charge in [-0.15, -0.1) is 0 Å². The van der Waals surface area contributed by atoms with Gasteiger partial charge in [-0.1, -0.05) is 0 Å². The fraction of sp³-hybridized carbons (Fsp3) is 0.438. The molecule has 2 heterocycles. The van der Waals surface area contributed by atoms with Crippen LogP contribution in [0.25, 0.3) is 11.0 Å². The first-order valence-corrected chi connectivity index (χ1v) is 6.85. The first-order chi connectivity index (χ1) is 10.4. The van der Waals surface area contributed by atoms with Crippen molar-refractivity contribution in [2.75, 3.05) is 14.2 Å². The molecule has 0 aliphatic carbocycles. The largest absolute Gasteiger partial charge is 0.485 e. The Morgan fingerprint density at radius 2 is 1.86 bits per heavy atom. The maximum atomic E-state index is 11.4. The van der Waals surface area contributed by atoms with Crippen LogP contribution in [0.3, 0.4) is 0 Å². The van der Waals surface area contributed by atoms with Crippen LogP contribution in [-0.4, -0.2) is 25.9 Å². The highest BCUT2D eigenvalue weighted by Crippen LogP contribution is 2.38. The number of fused-ring (bicyclic) bond motifs is 3. The number of halogens is 1. The number of benzene rings is 1. The summed E-state index contributed by atoms with van der Waals surface area (Å²) in [5.74, 6) is 0.764. The van der Waals surface area contributed by atoms with Gasteiger partial charge in [0.25, 0.3) is 0 Å². The van der Waals surface area contributed by atoms with Crippen molar-refractivity contribution >= 4 is 11.0 Å². The molecule has 0 spiro atoms. The minimum atomic E-state index is -0.398. The molecule has 5 nitrogen and oxygen atoms in total. The summed E-state index contributed by atoms with van der Waals surface area (Å²) in [4.78, 5) is 14.2. The van der Waals surface area contributed by atoms with E-state index in [0.717, 1.165) is 23.8 Å². The molecule has 3 rings (SSSR count). The normalized spacial score (nSPS) is 18.9. The summed E-state index contributed by atoms with van der Waals surface area (Å²) in [7, 11) is 2.63. The van der Waals surface area contributed by atoms with Gasteiger partial charge in [0.15, 0.2) is 0 Å². The predicted octanol–water partition coefficient (Wildman–Crippen LogP) is 3.04. The topological polar surface area (TPSA) is 57.9 Å². The van der Waals surface area contributed by atoms with E-state index < -0.39 is 5.60 Å². The van der Waals surface area contributed by atoms with Crippen LogP contribution in [0.15, 0.2) is 33.5 Å². The molecule has 1 aromatic carbocycles. The van der Waals surface area contributed by atoms with E-state index in [0.29, 0.717) is 12.0 Å². The Bertz CT molecular complexity index is 707. The molecule has 6 heteroatoms. The number of rotatable bonds is 1. The standard InChI is InChI=1S/C15H16O4.CH3FO/c1-15(2)12(17-3)8-10-11(19-15)6-4-9-5-7-13(16)18-14(9)10;1-3-2/h4-7,12H,8H2,1-3H3;1H3. The third-order valence-electron chi connectivity index (χ3n) is 3.67. The summed E-state index contributed by atoms with van der Waals surface area (Å²) < 4.78 is 26.6. The maximum absolute atomic E-state index is 11.4. The van der Waals surface area contributed by atoms with Crippen LogP contribution in [0.2, 0.25) is 0 Å². The molecule has 120 valence electrons. The fourth-order valence-electron chi connectivity index (χ4n) is 2.61. The third kappa shape index (κ3) is 3.13. The van der Waals surface area contributed by atoms with Crippen molar-refractivity contribution < 1.29 is 23.4 Å². The van der Waals surface area contributed by atoms with Gasteiger partial charge in [-0.2, -0.15) is 4.94 Å². The Morgan fingerprint density at radius 1 is 1.23 bits per heavy atom. The zero-order valence-corrected chi connectivity index (χ0v) is 13.0. The van der Waals surface area contributed by atoms with Crippen molar-refractivity contribution in [1.82, 2.24) is 0 Å². The SMILES string of the molecule is COC1Cc2c(ccc3ccc(=O)oc23)OC1(C)C.COF. The van der Waals surface area contributed by atoms with E-state index in [-0.39, 0.29) is 11.7 Å². The van der Waals surface area contributed by atoms with Crippen molar-refractivity contribution in [2.24, 2.45) is 0 Å². The van der Waals surface area contributed by atoms with Gasteiger partial charge >= 0.3 is 5.63 Å². The molecule has 2 aromatic rings. The van der Waals surface area contributed by atoms with Crippen molar-refractivity contribution in [2.45, 2.75) is 32.0 Å². The molecule has 0 N–H and O–H groups in total. The molecule has 0 saturated carbocycles. The molecule has 1 unspecified atom stereocenters. The molecule has 0 amide bonds. The lowest BCUT2D eigenvalue weighted by molar-refractivity contribution is -0.0960. The van der Waals surface area contributed by atoms with E-state index in [1.807, 2.05) is 26.0 Å². The average Bonchev–Trinajstić information content (AvgIpc) is 2.46. The number of hydrogen-bond acceptors (Lipinski definition) is 5. The van der Waals surface area contributed by atoms with Gasteiger partial charge in [-0.3, -0.25) is 0 Å². The Morgan fingerprint density at radius 3 is 2.50 bits per heavy atom. The van der Waals surface area contributed by atoms with Crippen molar-refractivity contribution in [3.05, 3.63) is 40.2 Å². The van der Waals surface area contributed by atoms with Gasteiger partial charge in [0.2, 0.25) is 0 Å². The first-order valence-electron chi connectivity index (χ1n) is 6.85. The minimum absolute atomic E-state index is 0.0730. The third-order valence-corrected chi connectivity index (χ3v) is 3.67. The molecule has 1 aromatic heterocycles. The molecule has 1 aliphatic heterocycles. The zero-order valence-electron chi connectivity index (χ0n) is 13.0. The Labute approximate surface area is 127 Å². The summed E-state index contributed by atoms with van der Waals surface area (Å²) in [5, 5.41) is 0.900. The van der Waals surface area contributed by atoms with E-state index in [1.54, 1.807) is 13.2 Å². The van der Waals surface area contributed by atoms with Crippen molar-refractivity contribution in [1.29, 1.82) is 0 Å². The van der Waals surface area contributed by atoms with Crippen LogP contribution in [0.1, 0.15) is 19.4 Å². The average molecular weight is 310 g/mol. The quantitative estimate of drug-likeness (QED) is 0.758. The lowest BCUT2D eigenvalue weighted by Crippen LogP contribution is -2.47. The highest BCUT2D eigenvalue weighted by molar-refractivity contribution is 5.82. The molecular formula is C16H19FO5. The second-order valence-electron chi connectivity index (χ2n) is 5.50. The van der Waals surface area contributed by atoms with Gasteiger partial charge in [0.1, 0.15) is 23.0 Å². The summed E-state index contributed by atoms with van der Waals surface area (Å²) in [5.41, 5.74) is 0.758. The van der Waals surface area contributed by atoms with E-state index >= 15 is 0 Å². The zero-order chi connectivity index (χ0) is 16.3. The Kier molecular flexibility index (Phi) is 4.83. The summed E-state index contributed by atoms with van der Waals surface area (Å²) in [6, 6.07) is 7.02. The van der Waals surface area contributed by atoms with Gasteiger partial charge in [0.05, 0.1) is 7.11 Å². The fourth-order valence-corrected chi connectivity index (χ4v) is 2.61. The Balaban J connectivity index is 0.000000545.